The lowest BCUT2D eigenvalue weighted by Gasteiger charge is -2.12. The molecule has 2 rings (SSSR count). The highest BCUT2D eigenvalue weighted by atomic mass is 16.6. The van der Waals surface area contributed by atoms with Crippen LogP contribution in [0.4, 0.5) is 5.69 Å². The van der Waals surface area contributed by atoms with E-state index in [0.717, 1.165) is 23.3 Å². The molecular weight excluding hydrogens is 268 g/mol. The number of non-ortho nitro benzene ring substituents is 1. The zero-order valence-corrected chi connectivity index (χ0v) is 11.9. The van der Waals surface area contributed by atoms with Gasteiger partial charge in [0, 0.05) is 18.2 Å². The summed E-state index contributed by atoms with van der Waals surface area (Å²) in [5.41, 5.74) is 8.39. The lowest BCUT2D eigenvalue weighted by atomic mass is 9.99. The van der Waals surface area contributed by atoms with E-state index in [9.17, 15) is 10.1 Å². The Kier molecular flexibility index (Phi) is 4.90. The minimum absolute atomic E-state index is 0.0279. The molecule has 0 saturated carbocycles. The quantitative estimate of drug-likeness (QED) is 0.654. The third kappa shape index (κ3) is 4.29. The smallest absolute Gasteiger partial charge is 0.269 e. The molecule has 0 fully saturated rings. The van der Waals surface area contributed by atoms with Crippen molar-refractivity contribution in [1.82, 2.24) is 0 Å². The fraction of sp³-hybridized carbons (Fsp3) is 0.250. The van der Waals surface area contributed by atoms with Crippen LogP contribution in [0.1, 0.15) is 11.1 Å². The van der Waals surface area contributed by atoms with E-state index in [4.69, 9.17) is 10.5 Å². The maximum Gasteiger partial charge on any atom is 0.269 e. The topological polar surface area (TPSA) is 78.4 Å². The van der Waals surface area contributed by atoms with Crippen LogP contribution in [0.3, 0.4) is 0 Å². The Labute approximate surface area is 123 Å². The summed E-state index contributed by atoms with van der Waals surface area (Å²) in [4.78, 5) is 10.2. The molecule has 1 atom stereocenters. The minimum atomic E-state index is -0.402. The normalized spacial score (nSPS) is 11.9. The highest BCUT2D eigenvalue weighted by Crippen LogP contribution is 2.15. The number of nitrogens with zero attached hydrogens (tertiary/aromatic N) is 1. The van der Waals surface area contributed by atoms with E-state index in [1.165, 1.54) is 12.1 Å². The molecule has 5 nitrogen and oxygen atoms in total. The van der Waals surface area contributed by atoms with Gasteiger partial charge >= 0.3 is 0 Å². The second kappa shape index (κ2) is 6.85. The highest BCUT2D eigenvalue weighted by molar-refractivity contribution is 5.33. The Morgan fingerprint density at radius 2 is 1.52 bits per heavy atom. The van der Waals surface area contributed by atoms with E-state index in [0.29, 0.717) is 6.42 Å². The molecule has 2 aromatic carbocycles. The molecule has 0 aliphatic carbocycles. The van der Waals surface area contributed by atoms with Crippen LogP contribution in [0.2, 0.25) is 0 Å². The van der Waals surface area contributed by atoms with Crippen molar-refractivity contribution in [2.45, 2.75) is 18.9 Å². The maximum absolute atomic E-state index is 10.6. The average Bonchev–Trinajstić information content (AvgIpc) is 2.48. The summed E-state index contributed by atoms with van der Waals surface area (Å²) in [6, 6.07) is 14.3. The monoisotopic (exact) mass is 286 g/mol. The number of nitro benzene ring substituents is 1. The van der Waals surface area contributed by atoms with Crippen molar-refractivity contribution >= 4 is 5.69 Å². The van der Waals surface area contributed by atoms with Gasteiger partial charge in [-0.3, -0.25) is 10.1 Å². The summed E-state index contributed by atoms with van der Waals surface area (Å²) in [5, 5.41) is 10.6. The van der Waals surface area contributed by atoms with Crippen molar-refractivity contribution in [2.75, 3.05) is 7.11 Å². The molecule has 0 spiro atoms. The first-order chi connectivity index (χ1) is 10.1. The van der Waals surface area contributed by atoms with Crippen molar-refractivity contribution in [3.63, 3.8) is 0 Å². The fourth-order valence-corrected chi connectivity index (χ4v) is 2.19. The Bertz CT molecular complexity index is 594. The van der Waals surface area contributed by atoms with Gasteiger partial charge in [-0.15, -0.1) is 0 Å². The van der Waals surface area contributed by atoms with Crippen LogP contribution in [0.25, 0.3) is 0 Å². The summed E-state index contributed by atoms with van der Waals surface area (Å²) < 4.78 is 5.11. The van der Waals surface area contributed by atoms with Crippen molar-refractivity contribution < 1.29 is 9.66 Å². The zero-order valence-electron chi connectivity index (χ0n) is 11.9. The van der Waals surface area contributed by atoms with Crippen molar-refractivity contribution in [3.05, 3.63) is 69.8 Å². The molecular formula is C16H18N2O3. The SMILES string of the molecule is COc1ccc(CC(N)Cc2ccc([N+](=O)[O-])cc2)cc1. The van der Waals surface area contributed by atoms with Gasteiger partial charge in [-0.1, -0.05) is 24.3 Å². The van der Waals surface area contributed by atoms with E-state index >= 15 is 0 Å². The maximum atomic E-state index is 10.6. The third-order valence-corrected chi connectivity index (χ3v) is 3.30. The first-order valence-electron chi connectivity index (χ1n) is 6.70. The molecule has 2 aromatic rings. The molecule has 21 heavy (non-hydrogen) atoms. The second-order valence-corrected chi connectivity index (χ2v) is 4.94. The lowest BCUT2D eigenvalue weighted by Crippen LogP contribution is -2.25. The van der Waals surface area contributed by atoms with Gasteiger partial charge in [0.15, 0.2) is 0 Å². The molecule has 0 heterocycles. The number of methoxy groups -OCH3 is 1. The second-order valence-electron chi connectivity index (χ2n) is 4.94. The van der Waals surface area contributed by atoms with Gasteiger partial charge in [-0.2, -0.15) is 0 Å². The Morgan fingerprint density at radius 1 is 1.05 bits per heavy atom. The predicted molar refractivity (Wildman–Crippen MR) is 81.5 cm³/mol. The van der Waals surface area contributed by atoms with E-state index in [1.807, 2.05) is 24.3 Å². The molecule has 0 bridgehead atoms. The molecule has 1 unspecified atom stereocenters. The molecule has 0 aromatic heterocycles. The number of nitro groups is 1. The number of hydrogen-bond donors (Lipinski definition) is 1. The summed E-state index contributed by atoms with van der Waals surface area (Å²) >= 11 is 0. The number of ether oxygens (including phenoxy) is 1. The van der Waals surface area contributed by atoms with Gasteiger partial charge in [0.05, 0.1) is 12.0 Å². The van der Waals surface area contributed by atoms with Gasteiger partial charge in [0.25, 0.3) is 5.69 Å². The first-order valence-corrected chi connectivity index (χ1v) is 6.70. The van der Waals surface area contributed by atoms with E-state index in [2.05, 4.69) is 0 Å². The molecule has 0 aliphatic heterocycles. The predicted octanol–water partition coefficient (Wildman–Crippen LogP) is 2.72. The van der Waals surface area contributed by atoms with Crippen molar-refractivity contribution in [2.24, 2.45) is 5.73 Å². The molecule has 110 valence electrons. The van der Waals surface area contributed by atoms with Crippen LogP contribution in [-0.4, -0.2) is 18.1 Å². The van der Waals surface area contributed by atoms with Crippen molar-refractivity contribution in [1.29, 1.82) is 0 Å². The average molecular weight is 286 g/mol. The minimum Gasteiger partial charge on any atom is -0.497 e. The molecule has 2 N–H and O–H groups in total. The molecule has 0 saturated heterocycles. The fourth-order valence-electron chi connectivity index (χ4n) is 2.19. The third-order valence-electron chi connectivity index (χ3n) is 3.30. The van der Waals surface area contributed by atoms with Gasteiger partial charge in [0.2, 0.25) is 0 Å². The number of hydrogen-bond acceptors (Lipinski definition) is 4. The number of benzene rings is 2. The summed E-state index contributed by atoms with van der Waals surface area (Å²) in [6.07, 6.45) is 1.44. The summed E-state index contributed by atoms with van der Waals surface area (Å²) in [6.45, 7) is 0. The van der Waals surface area contributed by atoms with Crippen LogP contribution < -0.4 is 10.5 Å². The van der Waals surface area contributed by atoms with Gasteiger partial charge in [-0.25, -0.2) is 0 Å². The Balaban J connectivity index is 1.94. The van der Waals surface area contributed by atoms with Crippen LogP contribution in [-0.2, 0) is 12.8 Å². The van der Waals surface area contributed by atoms with Gasteiger partial charge in [-0.05, 0) is 36.1 Å². The molecule has 5 heteroatoms. The van der Waals surface area contributed by atoms with E-state index in [1.54, 1.807) is 19.2 Å². The van der Waals surface area contributed by atoms with E-state index in [-0.39, 0.29) is 11.7 Å². The first kappa shape index (κ1) is 15.0. The molecule has 0 aliphatic rings. The van der Waals surface area contributed by atoms with Gasteiger partial charge in [0.1, 0.15) is 5.75 Å². The van der Waals surface area contributed by atoms with E-state index < -0.39 is 4.92 Å². The molecule has 0 radical (unpaired) electrons. The largest absolute Gasteiger partial charge is 0.497 e. The summed E-state index contributed by atoms with van der Waals surface area (Å²) in [5.74, 6) is 0.822. The van der Waals surface area contributed by atoms with Crippen LogP contribution >= 0.6 is 0 Å². The lowest BCUT2D eigenvalue weighted by molar-refractivity contribution is -0.384. The standard InChI is InChI=1S/C16H18N2O3/c1-21-16-8-4-13(5-9-16)11-14(17)10-12-2-6-15(7-3-12)18(19)20/h2-9,14H,10-11,17H2,1H3. The Morgan fingerprint density at radius 3 is 1.95 bits per heavy atom. The number of nitrogens with two attached hydrogens (primary N) is 1. The highest BCUT2D eigenvalue weighted by Gasteiger charge is 2.08. The van der Waals surface area contributed by atoms with Crippen molar-refractivity contribution in [3.8, 4) is 5.75 Å². The number of rotatable bonds is 6. The van der Waals surface area contributed by atoms with Crippen LogP contribution in [0, 0.1) is 10.1 Å². The van der Waals surface area contributed by atoms with Gasteiger partial charge < -0.3 is 10.5 Å². The zero-order chi connectivity index (χ0) is 15.2. The van der Waals surface area contributed by atoms with Crippen LogP contribution in [0.15, 0.2) is 48.5 Å². The Hall–Kier alpha value is -2.40. The van der Waals surface area contributed by atoms with Crippen LogP contribution in [0.5, 0.6) is 5.75 Å². The molecule has 0 amide bonds. The summed E-state index contributed by atoms with van der Waals surface area (Å²) in [7, 11) is 1.63.